The van der Waals surface area contributed by atoms with Crippen molar-refractivity contribution in [1.29, 1.82) is 0 Å². The van der Waals surface area contributed by atoms with Gasteiger partial charge in [0.1, 0.15) is 0 Å². The largest absolute Gasteiger partial charge is 0.304 e. The molecule has 1 aromatic rings. The fourth-order valence-electron chi connectivity index (χ4n) is 1.20. The molecule has 14 heavy (non-hydrogen) atoms. The van der Waals surface area contributed by atoms with Crippen LogP contribution in [0.4, 0.5) is 0 Å². The van der Waals surface area contributed by atoms with Gasteiger partial charge in [-0.25, -0.2) is 8.42 Å². The van der Waals surface area contributed by atoms with Gasteiger partial charge in [0, 0.05) is 18.0 Å². The lowest BCUT2D eigenvalue weighted by Gasteiger charge is -2.06. The van der Waals surface area contributed by atoms with Crippen molar-refractivity contribution in [2.24, 2.45) is 0 Å². The van der Waals surface area contributed by atoms with E-state index in [9.17, 15) is 8.42 Å². The van der Waals surface area contributed by atoms with Gasteiger partial charge < -0.3 is 5.32 Å². The highest BCUT2D eigenvalue weighted by atomic mass is 32.2. The second kappa shape index (κ2) is 3.76. The van der Waals surface area contributed by atoms with E-state index >= 15 is 0 Å². The summed E-state index contributed by atoms with van der Waals surface area (Å²) in [7, 11) is -2.96. The highest BCUT2D eigenvalue weighted by molar-refractivity contribution is 7.94. The van der Waals surface area contributed by atoms with Gasteiger partial charge in [0.2, 0.25) is 0 Å². The summed E-state index contributed by atoms with van der Waals surface area (Å²) in [6.07, 6.45) is 3.34. The van der Waals surface area contributed by atoms with Gasteiger partial charge in [-0.2, -0.15) is 0 Å². The second-order valence-corrected chi connectivity index (χ2v) is 5.83. The van der Waals surface area contributed by atoms with Crippen molar-refractivity contribution >= 4 is 21.4 Å². The summed E-state index contributed by atoms with van der Waals surface area (Å²) in [5, 5.41) is 8.05. The van der Waals surface area contributed by atoms with Crippen LogP contribution in [-0.4, -0.2) is 29.8 Å². The molecule has 5 nitrogen and oxygen atoms in total. The minimum absolute atomic E-state index is 0.0814. The fourth-order valence-corrected chi connectivity index (χ4v) is 2.91. The van der Waals surface area contributed by atoms with E-state index in [0.717, 1.165) is 4.88 Å². The number of nitrogens with one attached hydrogen (secondary N) is 1. The van der Waals surface area contributed by atoms with Gasteiger partial charge in [0.15, 0.2) is 9.84 Å². The molecule has 1 aromatic heterocycles. The molecule has 0 bridgehead atoms. The van der Waals surface area contributed by atoms with Gasteiger partial charge in [0.25, 0.3) is 0 Å². The monoisotopic (exact) mass is 231 g/mol. The third kappa shape index (κ3) is 2.37. The molecule has 0 spiro atoms. The molecule has 0 saturated heterocycles. The van der Waals surface area contributed by atoms with Crippen molar-refractivity contribution in [3.05, 3.63) is 22.6 Å². The molecule has 0 aromatic carbocycles. The molecule has 0 saturated carbocycles. The first kappa shape index (κ1) is 9.75. The van der Waals surface area contributed by atoms with E-state index < -0.39 is 9.84 Å². The van der Waals surface area contributed by atoms with Crippen LogP contribution in [-0.2, 0) is 16.4 Å². The Bertz CT molecular complexity index is 424. The van der Waals surface area contributed by atoms with Gasteiger partial charge in [-0.3, -0.25) is 0 Å². The number of hydrogen-bond acceptors (Lipinski definition) is 6. The van der Waals surface area contributed by atoms with E-state index in [1.54, 1.807) is 12.3 Å². The molecule has 0 aliphatic carbocycles. The van der Waals surface area contributed by atoms with Crippen LogP contribution in [0.25, 0.3) is 0 Å². The summed E-state index contributed by atoms with van der Waals surface area (Å²) >= 11 is 1.31. The Labute approximate surface area is 85.9 Å². The molecule has 0 amide bonds. The number of sulfone groups is 1. The van der Waals surface area contributed by atoms with Crippen molar-refractivity contribution in [3.63, 3.8) is 0 Å². The molecule has 2 heterocycles. The molecule has 7 heteroatoms. The molecule has 1 unspecified atom stereocenters. The SMILES string of the molecule is O=S1(=O)C=CC(NCc2cnns2)C1. The van der Waals surface area contributed by atoms with Crippen LogP contribution in [0.1, 0.15) is 4.88 Å². The fraction of sp³-hybridized carbons (Fsp3) is 0.429. The summed E-state index contributed by atoms with van der Waals surface area (Å²) in [5.74, 6) is 0.152. The molecule has 76 valence electrons. The van der Waals surface area contributed by atoms with Gasteiger partial charge in [-0.15, -0.1) is 5.10 Å². The zero-order valence-corrected chi connectivity index (χ0v) is 8.88. The lowest BCUT2D eigenvalue weighted by molar-refractivity contribution is 0.591. The van der Waals surface area contributed by atoms with E-state index in [4.69, 9.17) is 0 Å². The van der Waals surface area contributed by atoms with Crippen LogP contribution in [0.2, 0.25) is 0 Å². The second-order valence-electron chi connectivity index (χ2n) is 3.03. The third-order valence-electron chi connectivity index (χ3n) is 1.88. The molecule has 1 aliphatic heterocycles. The molecule has 1 atom stereocenters. The number of aromatic nitrogens is 2. The van der Waals surface area contributed by atoms with Gasteiger partial charge in [0.05, 0.1) is 16.8 Å². The van der Waals surface area contributed by atoms with Crippen LogP contribution in [0.15, 0.2) is 17.7 Å². The lowest BCUT2D eigenvalue weighted by atomic mass is 10.3. The van der Waals surface area contributed by atoms with E-state index in [1.807, 2.05) is 0 Å². The highest BCUT2D eigenvalue weighted by Crippen LogP contribution is 2.09. The van der Waals surface area contributed by atoms with Crippen LogP contribution in [0, 0.1) is 0 Å². The highest BCUT2D eigenvalue weighted by Gasteiger charge is 2.20. The maximum Gasteiger partial charge on any atom is 0.173 e. The Morgan fingerprint density at radius 2 is 2.50 bits per heavy atom. The summed E-state index contributed by atoms with van der Waals surface area (Å²) in [4.78, 5) is 1.00. The molecule has 1 N–H and O–H groups in total. The molecule has 1 aliphatic rings. The topological polar surface area (TPSA) is 72.0 Å². The molecular weight excluding hydrogens is 222 g/mol. The van der Waals surface area contributed by atoms with E-state index in [1.165, 1.54) is 16.9 Å². The lowest BCUT2D eigenvalue weighted by Crippen LogP contribution is -2.29. The Morgan fingerprint density at radius 1 is 1.64 bits per heavy atom. The van der Waals surface area contributed by atoms with Gasteiger partial charge >= 0.3 is 0 Å². The average Bonchev–Trinajstić information content (AvgIpc) is 2.70. The predicted octanol–water partition coefficient (Wildman–Crippen LogP) is -0.0616. The van der Waals surface area contributed by atoms with Crippen LogP contribution in [0.3, 0.4) is 0 Å². The summed E-state index contributed by atoms with van der Waals surface area (Å²) in [5.41, 5.74) is 0. The van der Waals surface area contributed by atoms with Crippen molar-refractivity contribution in [2.45, 2.75) is 12.6 Å². The van der Waals surface area contributed by atoms with E-state index in [-0.39, 0.29) is 11.8 Å². The Hall–Kier alpha value is -0.790. The number of nitrogens with zero attached hydrogens (tertiary/aromatic N) is 2. The van der Waals surface area contributed by atoms with Gasteiger partial charge in [-0.1, -0.05) is 10.6 Å². The zero-order valence-electron chi connectivity index (χ0n) is 7.25. The molecule has 0 radical (unpaired) electrons. The van der Waals surface area contributed by atoms with Crippen molar-refractivity contribution in [3.8, 4) is 0 Å². The summed E-state index contributed by atoms with van der Waals surface area (Å²) in [6.45, 7) is 0.613. The van der Waals surface area contributed by atoms with Crippen molar-refractivity contribution in [1.82, 2.24) is 14.9 Å². The van der Waals surface area contributed by atoms with Crippen LogP contribution < -0.4 is 5.32 Å². The maximum absolute atomic E-state index is 11.1. The number of rotatable bonds is 3. The van der Waals surface area contributed by atoms with Crippen LogP contribution in [0.5, 0.6) is 0 Å². The zero-order chi connectivity index (χ0) is 10.0. The minimum Gasteiger partial charge on any atom is -0.304 e. The average molecular weight is 231 g/mol. The van der Waals surface area contributed by atoms with Crippen LogP contribution >= 0.6 is 11.5 Å². The van der Waals surface area contributed by atoms with Gasteiger partial charge in [-0.05, 0) is 11.5 Å². The molecule has 0 fully saturated rings. The van der Waals surface area contributed by atoms with Crippen molar-refractivity contribution < 1.29 is 8.42 Å². The third-order valence-corrected chi connectivity index (χ3v) is 3.93. The summed E-state index contributed by atoms with van der Waals surface area (Å²) in [6, 6.07) is -0.0814. The summed E-state index contributed by atoms with van der Waals surface area (Å²) < 4.78 is 25.8. The normalized spacial score (nSPS) is 24.1. The predicted molar refractivity (Wildman–Crippen MR) is 53.5 cm³/mol. The smallest absolute Gasteiger partial charge is 0.173 e. The Morgan fingerprint density at radius 3 is 3.07 bits per heavy atom. The Kier molecular flexibility index (Phi) is 2.62. The Balaban J connectivity index is 1.87. The first-order valence-corrected chi connectivity index (χ1v) is 6.55. The first-order chi connectivity index (χ1) is 6.66. The molecular formula is C7H9N3O2S2. The quantitative estimate of drug-likeness (QED) is 0.789. The minimum atomic E-state index is -2.96. The number of hydrogen-bond donors (Lipinski definition) is 1. The standard InChI is InChI=1S/C7H9N3O2S2/c11-14(12)2-1-6(5-14)8-3-7-4-9-10-13-7/h1-2,4,6,8H,3,5H2. The van der Waals surface area contributed by atoms with E-state index in [0.29, 0.717) is 6.54 Å². The maximum atomic E-state index is 11.1. The first-order valence-electron chi connectivity index (χ1n) is 4.06. The van der Waals surface area contributed by atoms with Crippen molar-refractivity contribution in [2.75, 3.05) is 5.75 Å². The van der Waals surface area contributed by atoms with E-state index in [2.05, 4.69) is 14.9 Å². The molecule has 2 rings (SSSR count).